The van der Waals surface area contributed by atoms with Crippen LogP contribution in [0.5, 0.6) is 0 Å². The smallest absolute Gasteiger partial charge is 0.387 e. The summed E-state index contributed by atoms with van der Waals surface area (Å²) < 4.78 is 4.88. The summed E-state index contributed by atoms with van der Waals surface area (Å²) in [6.45, 7) is 1.54. The van der Waals surface area contributed by atoms with Gasteiger partial charge in [-0.05, 0) is 39.7 Å². The Bertz CT molecular complexity index is 656. The number of hydrogen-bond acceptors (Lipinski definition) is 6. The van der Waals surface area contributed by atoms with Crippen LogP contribution in [-0.2, 0) is 16.1 Å². The Balaban J connectivity index is 2.10. The normalized spacial score (nSPS) is 9.95. The molecule has 1 aromatic heterocycles. The molecular formula is C14H13N3O4. The molecule has 0 saturated carbocycles. The molecule has 0 amide bonds. The second kappa shape index (κ2) is 6.47. The summed E-state index contributed by atoms with van der Waals surface area (Å²) in [7, 11) is 0. The molecule has 1 N–H and O–H groups in total. The number of carbonyl (C=O) groups is 1. The lowest BCUT2D eigenvalue weighted by Crippen LogP contribution is -2.00. The quantitative estimate of drug-likeness (QED) is 0.516. The molecule has 2 aromatic rings. The number of pyridine rings is 1. The third-order valence-corrected chi connectivity index (χ3v) is 2.63. The van der Waals surface area contributed by atoms with E-state index < -0.39 is 4.92 Å². The van der Waals surface area contributed by atoms with Crippen LogP contribution in [0.25, 0.3) is 0 Å². The number of nitrogens with one attached hydrogen (secondary N) is 1. The second-order valence-electron chi connectivity index (χ2n) is 4.23. The van der Waals surface area contributed by atoms with E-state index in [4.69, 9.17) is 4.74 Å². The number of anilines is 2. The fraction of sp³-hybridized carbons (Fsp3) is 0.143. The fourth-order valence-electron chi connectivity index (χ4n) is 1.66. The van der Waals surface area contributed by atoms with Gasteiger partial charge in [-0.1, -0.05) is 12.1 Å². The van der Waals surface area contributed by atoms with E-state index in [1.807, 2.05) is 0 Å². The first-order valence-corrected chi connectivity index (χ1v) is 6.15. The van der Waals surface area contributed by atoms with Gasteiger partial charge in [0.2, 0.25) is 0 Å². The Hall–Kier alpha value is -2.96. The molecule has 0 aliphatic carbocycles. The molecule has 0 fully saturated rings. The average molecular weight is 287 g/mol. The van der Waals surface area contributed by atoms with Crippen molar-refractivity contribution < 1.29 is 14.5 Å². The summed E-state index contributed by atoms with van der Waals surface area (Å²) in [5.74, 6) is -0.579. The van der Waals surface area contributed by atoms with Crippen LogP contribution in [0.4, 0.5) is 17.2 Å². The van der Waals surface area contributed by atoms with E-state index in [1.165, 1.54) is 13.1 Å². The highest BCUT2D eigenvalue weighted by Gasteiger charge is 2.13. The first-order valence-electron chi connectivity index (χ1n) is 6.15. The molecule has 0 aliphatic heterocycles. The topological polar surface area (TPSA) is 94.4 Å². The maximum Gasteiger partial charge on any atom is 0.387 e. The maximum atomic E-state index is 10.9. The van der Waals surface area contributed by atoms with Crippen LogP contribution in [0.1, 0.15) is 12.5 Å². The van der Waals surface area contributed by atoms with E-state index in [-0.39, 0.29) is 18.4 Å². The average Bonchev–Trinajstić information content (AvgIpc) is 2.47. The van der Waals surface area contributed by atoms with Gasteiger partial charge in [-0.25, -0.2) is 0 Å². The molecule has 0 saturated heterocycles. The van der Waals surface area contributed by atoms with E-state index in [9.17, 15) is 14.9 Å². The van der Waals surface area contributed by atoms with Crippen LogP contribution in [0.3, 0.4) is 0 Å². The molecule has 0 atom stereocenters. The van der Waals surface area contributed by atoms with Gasteiger partial charge in [0, 0.05) is 12.6 Å². The Morgan fingerprint density at radius 3 is 2.67 bits per heavy atom. The van der Waals surface area contributed by atoms with Gasteiger partial charge in [-0.15, -0.1) is 0 Å². The Morgan fingerprint density at radius 1 is 1.33 bits per heavy atom. The van der Waals surface area contributed by atoms with Gasteiger partial charge in [0.1, 0.15) is 18.5 Å². The Kier molecular flexibility index (Phi) is 4.45. The number of hydrogen-bond donors (Lipinski definition) is 1. The minimum Gasteiger partial charge on any atom is -0.461 e. The van der Waals surface area contributed by atoms with Crippen molar-refractivity contribution in [1.82, 2.24) is 4.98 Å². The fourth-order valence-corrected chi connectivity index (χ4v) is 1.66. The molecule has 108 valence electrons. The highest BCUT2D eigenvalue weighted by atomic mass is 16.6. The highest BCUT2D eigenvalue weighted by Crippen LogP contribution is 2.24. The number of benzene rings is 1. The number of esters is 1. The molecule has 0 bridgehead atoms. The maximum absolute atomic E-state index is 10.9. The zero-order valence-corrected chi connectivity index (χ0v) is 11.3. The lowest BCUT2D eigenvalue weighted by Gasteiger charge is -2.07. The van der Waals surface area contributed by atoms with Gasteiger partial charge in [-0.2, -0.15) is 0 Å². The van der Waals surface area contributed by atoms with Crippen molar-refractivity contribution in [3.05, 3.63) is 58.3 Å². The molecule has 1 aromatic carbocycles. The van der Waals surface area contributed by atoms with Gasteiger partial charge < -0.3 is 20.2 Å². The summed E-state index contributed by atoms with van der Waals surface area (Å²) in [4.78, 5) is 24.8. The lowest BCUT2D eigenvalue weighted by atomic mass is 10.2. The van der Waals surface area contributed by atoms with E-state index >= 15 is 0 Å². The minimum atomic E-state index is -0.544. The van der Waals surface area contributed by atoms with Gasteiger partial charge in [0.05, 0.1) is 0 Å². The van der Waals surface area contributed by atoms with Gasteiger partial charge in [0.25, 0.3) is 0 Å². The molecule has 0 spiro atoms. The highest BCUT2D eigenvalue weighted by molar-refractivity contribution is 5.67. The third-order valence-electron chi connectivity index (χ3n) is 2.63. The molecule has 0 radical (unpaired) electrons. The molecule has 1 heterocycles. The van der Waals surface area contributed by atoms with Crippen molar-refractivity contribution in [3.8, 4) is 0 Å². The standard InChI is InChI=1S/C14H13N3O4/c1-10(18)21-9-11-4-6-12(7-5-11)16-13-3-2-8-15-14(13)17(19)20/h2-8,16H,9H2,1H3. The molecule has 21 heavy (non-hydrogen) atoms. The van der Waals surface area contributed by atoms with E-state index in [2.05, 4.69) is 10.3 Å². The minimum absolute atomic E-state index is 0.197. The van der Waals surface area contributed by atoms with Crippen molar-refractivity contribution in [1.29, 1.82) is 0 Å². The van der Waals surface area contributed by atoms with Crippen molar-refractivity contribution in [2.24, 2.45) is 0 Å². The Labute approximate surface area is 120 Å². The SMILES string of the molecule is CC(=O)OCc1ccc(Nc2cccnc2[N+](=O)[O-])cc1. The molecule has 7 nitrogen and oxygen atoms in total. The van der Waals surface area contributed by atoms with Crippen LogP contribution in [-0.4, -0.2) is 15.9 Å². The predicted molar refractivity (Wildman–Crippen MR) is 76.1 cm³/mol. The number of aromatic nitrogens is 1. The van der Waals surface area contributed by atoms with Crippen LogP contribution in [0, 0.1) is 10.1 Å². The van der Waals surface area contributed by atoms with E-state index in [1.54, 1.807) is 36.4 Å². The third kappa shape index (κ3) is 4.00. The van der Waals surface area contributed by atoms with Crippen LogP contribution in [0.2, 0.25) is 0 Å². The van der Waals surface area contributed by atoms with Crippen LogP contribution in [0.15, 0.2) is 42.6 Å². The summed E-state index contributed by atoms with van der Waals surface area (Å²) in [5, 5.41) is 13.8. The number of nitro groups is 1. The van der Waals surface area contributed by atoms with Crippen molar-refractivity contribution in [2.75, 3.05) is 5.32 Å². The largest absolute Gasteiger partial charge is 0.461 e. The second-order valence-corrected chi connectivity index (χ2v) is 4.23. The van der Waals surface area contributed by atoms with E-state index in [0.29, 0.717) is 11.4 Å². The number of nitrogens with zero attached hydrogens (tertiary/aromatic N) is 2. The van der Waals surface area contributed by atoms with Gasteiger partial charge >= 0.3 is 11.8 Å². The number of rotatable bonds is 5. The zero-order valence-electron chi connectivity index (χ0n) is 11.3. The van der Waals surface area contributed by atoms with Crippen LogP contribution < -0.4 is 5.32 Å². The van der Waals surface area contributed by atoms with Crippen LogP contribution >= 0.6 is 0 Å². The summed E-state index contributed by atoms with van der Waals surface area (Å²) in [6, 6.07) is 10.2. The summed E-state index contributed by atoms with van der Waals surface area (Å²) >= 11 is 0. The summed E-state index contributed by atoms with van der Waals surface area (Å²) in [5.41, 5.74) is 1.82. The molecule has 2 rings (SSSR count). The molecular weight excluding hydrogens is 274 g/mol. The monoisotopic (exact) mass is 287 g/mol. The molecule has 0 unspecified atom stereocenters. The van der Waals surface area contributed by atoms with E-state index in [0.717, 1.165) is 5.56 Å². The number of ether oxygens (including phenoxy) is 1. The first kappa shape index (κ1) is 14.4. The van der Waals surface area contributed by atoms with Gasteiger partial charge in [-0.3, -0.25) is 4.79 Å². The van der Waals surface area contributed by atoms with Crippen molar-refractivity contribution in [2.45, 2.75) is 13.5 Å². The molecule has 0 aliphatic rings. The van der Waals surface area contributed by atoms with Crippen molar-refractivity contribution >= 4 is 23.2 Å². The zero-order chi connectivity index (χ0) is 15.2. The lowest BCUT2D eigenvalue weighted by molar-refractivity contribution is -0.388. The Morgan fingerprint density at radius 2 is 2.05 bits per heavy atom. The number of carbonyl (C=O) groups excluding carboxylic acids is 1. The first-order chi connectivity index (χ1) is 10.1. The van der Waals surface area contributed by atoms with Gasteiger partial charge in [0.15, 0.2) is 0 Å². The van der Waals surface area contributed by atoms with Crippen molar-refractivity contribution in [3.63, 3.8) is 0 Å². The predicted octanol–water partition coefficient (Wildman–Crippen LogP) is 2.80. The summed E-state index contributed by atoms with van der Waals surface area (Å²) in [6.07, 6.45) is 1.37. The molecule has 7 heteroatoms.